The standard InChI is InChI=1S/C13H17F2N/c1-2-4-13(5-3-6-16-13)10-7-11(14)9-12(15)8-10/h7-9,16H,2-6H2,1H3. The van der Waals surface area contributed by atoms with Gasteiger partial charge in [-0.05, 0) is 43.5 Å². The van der Waals surface area contributed by atoms with E-state index in [2.05, 4.69) is 12.2 Å². The summed E-state index contributed by atoms with van der Waals surface area (Å²) >= 11 is 0. The molecule has 0 spiro atoms. The van der Waals surface area contributed by atoms with Crippen LogP contribution in [0.15, 0.2) is 18.2 Å². The van der Waals surface area contributed by atoms with Crippen molar-refractivity contribution in [2.24, 2.45) is 0 Å². The lowest BCUT2D eigenvalue weighted by Crippen LogP contribution is -2.36. The molecule has 1 heterocycles. The Kier molecular flexibility index (Phi) is 3.24. The van der Waals surface area contributed by atoms with Gasteiger partial charge in [-0.25, -0.2) is 8.78 Å². The maximum atomic E-state index is 13.2. The minimum absolute atomic E-state index is 0.211. The first kappa shape index (κ1) is 11.5. The first-order valence-electron chi connectivity index (χ1n) is 5.88. The molecule has 16 heavy (non-hydrogen) atoms. The van der Waals surface area contributed by atoms with Gasteiger partial charge in [-0.3, -0.25) is 0 Å². The first-order valence-corrected chi connectivity index (χ1v) is 5.88. The Hall–Kier alpha value is -0.960. The molecule has 3 heteroatoms. The van der Waals surface area contributed by atoms with Crippen molar-refractivity contribution >= 4 is 0 Å². The fourth-order valence-electron chi connectivity index (χ4n) is 2.67. The Labute approximate surface area is 94.9 Å². The van der Waals surface area contributed by atoms with Crippen LogP contribution in [0.3, 0.4) is 0 Å². The lowest BCUT2D eigenvalue weighted by molar-refractivity contribution is 0.352. The second-order valence-electron chi connectivity index (χ2n) is 4.52. The summed E-state index contributed by atoms with van der Waals surface area (Å²) in [5, 5.41) is 3.41. The highest BCUT2D eigenvalue weighted by atomic mass is 19.1. The molecule has 1 N–H and O–H groups in total. The SMILES string of the molecule is CCCC1(c2cc(F)cc(F)c2)CCCN1. The van der Waals surface area contributed by atoms with E-state index in [1.54, 1.807) is 0 Å². The normalized spacial score (nSPS) is 24.9. The number of benzene rings is 1. The molecule has 0 aliphatic carbocycles. The lowest BCUT2D eigenvalue weighted by Gasteiger charge is -2.30. The van der Waals surface area contributed by atoms with E-state index in [-0.39, 0.29) is 5.54 Å². The summed E-state index contributed by atoms with van der Waals surface area (Å²) in [7, 11) is 0. The summed E-state index contributed by atoms with van der Waals surface area (Å²) in [6, 6.07) is 3.84. The zero-order chi connectivity index (χ0) is 11.6. The topological polar surface area (TPSA) is 12.0 Å². The molecule has 1 atom stereocenters. The second-order valence-corrected chi connectivity index (χ2v) is 4.52. The number of hydrogen-bond acceptors (Lipinski definition) is 1. The van der Waals surface area contributed by atoms with Crippen LogP contribution in [-0.4, -0.2) is 6.54 Å². The van der Waals surface area contributed by atoms with Crippen molar-refractivity contribution in [2.45, 2.75) is 38.1 Å². The van der Waals surface area contributed by atoms with Crippen LogP contribution >= 0.6 is 0 Å². The molecular formula is C13H17F2N. The molecular weight excluding hydrogens is 208 g/mol. The summed E-state index contributed by atoms with van der Waals surface area (Å²) in [5.74, 6) is -0.974. The molecule has 1 unspecified atom stereocenters. The highest BCUT2D eigenvalue weighted by molar-refractivity contribution is 5.27. The molecule has 1 nitrogen and oxygen atoms in total. The predicted molar refractivity (Wildman–Crippen MR) is 60.2 cm³/mol. The average molecular weight is 225 g/mol. The van der Waals surface area contributed by atoms with Gasteiger partial charge in [0, 0.05) is 11.6 Å². The van der Waals surface area contributed by atoms with Crippen LogP contribution < -0.4 is 5.32 Å². The fourth-order valence-corrected chi connectivity index (χ4v) is 2.67. The van der Waals surface area contributed by atoms with Gasteiger partial charge in [0.25, 0.3) is 0 Å². The predicted octanol–water partition coefficient (Wildman–Crippen LogP) is 3.34. The van der Waals surface area contributed by atoms with Gasteiger partial charge in [0.1, 0.15) is 11.6 Å². The minimum atomic E-state index is -0.487. The van der Waals surface area contributed by atoms with E-state index in [1.165, 1.54) is 12.1 Å². The summed E-state index contributed by atoms with van der Waals surface area (Å²) < 4.78 is 26.4. The van der Waals surface area contributed by atoms with E-state index in [1.807, 2.05) is 0 Å². The lowest BCUT2D eigenvalue weighted by atomic mass is 9.84. The summed E-state index contributed by atoms with van der Waals surface area (Å²) in [4.78, 5) is 0. The molecule has 1 aromatic carbocycles. The summed E-state index contributed by atoms with van der Waals surface area (Å²) in [6.45, 7) is 3.02. The van der Waals surface area contributed by atoms with Crippen LogP contribution in [0.2, 0.25) is 0 Å². The van der Waals surface area contributed by atoms with Crippen molar-refractivity contribution in [2.75, 3.05) is 6.54 Å². The maximum Gasteiger partial charge on any atom is 0.126 e. The van der Waals surface area contributed by atoms with Crippen molar-refractivity contribution in [3.63, 3.8) is 0 Å². The van der Waals surface area contributed by atoms with Gasteiger partial charge in [0.15, 0.2) is 0 Å². The molecule has 1 aliphatic rings. The van der Waals surface area contributed by atoms with Crippen LogP contribution in [0.25, 0.3) is 0 Å². The van der Waals surface area contributed by atoms with Crippen LogP contribution in [-0.2, 0) is 5.54 Å². The molecule has 0 radical (unpaired) electrons. The van der Waals surface area contributed by atoms with Gasteiger partial charge < -0.3 is 5.32 Å². The second kappa shape index (κ2) is 4.50. The molecule has 2 rings (SSSR count). The van der Waals surface area contributed by atoms with Crippen LogP contribution in [0, 0.1) is 11.6 Å². The van der Waals surface area contributed by atoms with Gasteiger partial charge in [-0.1, -0.05) is 13.3 Å². The Morgan fingerprint density at radius 2 is 1.94 bits per heavy atom. The average Bonchev–Trinajstić information content (AvgIpc) is 2.66. The van der Waals surface area contributed by atoms with E-state index in [0.29, 0.717) is 0 Å². The molecule has 0 saturated carbocycles. The Balaban J connectivity index is 2.38. The van der Waals surface area contributed by atoms with E-state index in [9.17, 15) is 8.78 Å². The molecule has 0 amide bonds. The van der Waals surface area contributed by atoms with Gasteiger partial charge in [-0.15, -0.1) is 0 Å². The Morgan fingerprint density at radius 3 is 2.44 bits per heavy atom. The van der Waals surface area contributed by atoms with Gasteiger partial charge in [0.2, 0.25) is 0 Å². The molecule has 88 valence electrons. The van der Waals surface area contributed by atoms with Crippen LogP contribution in [0.1, 0.15) is 38.2 Å². The first-order chi connectivity index (χ1) is 7.66. The highest BCUT2D eigenvalue weighted by Crippen LogP contribution is 2.35. The minimum Gasteiger partial charge on any atom is -0.307 e. The zero-order valence-corrected chi connectivity index (χ0v) is 9.52. The van der Waals surface area contributed by atoms with Gasteiger partial charge >= 0.3 is 0 Å². The van der Waals surface area contributed by atoms with Crippen molar-refractivity contribution in [1.29, 1.82) is 0 Å². The zero-order valence-electron chi connectivity index (χ0n) is 9.52. The Bertz CT molecular complexity index is 350. The van der Waals surface area contributed by atoms with E-state index in [0.717, 1.165) is 43.9 Å². The summed E-state index contributed by atoms with van der Waals surface area (Å²) in [5.41, 5.74) is 0.543. The smallest absolute Gasteiger partial charge is 0.126 e. The highest BCUT2D eigenvalue weighted by Gasteiger charge is 2.34. The van der Waals surface area contributed by atoms with Gasteiger partial charge in [0.05, 0.1) is 0 Å². The molecule has 1 aliphatic heterocycles. The Morgan fingerprint density at radius 1 is 1.25 bits per heavy atom. The number of rotatable bonds is 3. The van der Waals surface area contributed by atoms with E-state index < -0.39 is 11.6 Å². The third-order valence-electron chi connectivity index (χ3n) is 3.34. The fraction of sp³-hybridized carbons (Fsp3) is 0.538. The van der Waals surface area contributed by atoms with Crippen molar-refractivity contribution < 1.29 is 8.78 Å². The monoisotopic (exact) mass is 225 g/mol. The number of halogens is 2. The molecule has 0 aromatic heterocycles. The maximum absolute atomic E-state index is 13.2. The van der Waals surface area contributed by atoms with Crippen molar-refractivity contribution in [1.82, 2.24) is 5.32 Å². The molecule has 1 saturated heterocycles. The van der Waals surface area contributed by atoms with Gasteiger partial charge in [-0.2, -0.15) is 0 Å². The molecule has 1 aromatic rings. The van der Waals surface area contributed by atoms with E-state index in [4.69, 9.17) is 0 Å². The molecule has 0 bridgehead atoms. The van der Waals surface area contributed by atoms with Crippen LogP contribution in [0.5, 0.6) is 0 Å². The molecule has 1 fully saturated rings. The van der Waals surface area contributed by atoms with Crippen LogP contribution in [0.4, 0.5) is 8.78 Å². The van der Waals surface area contributed by atoms with Crippen molar-refractivity contribution in [3.05, 3.63) is 35.4 Å². The number of hydrogen-bond donors (Lipinski definition) is 1. The van der Waals surface area contributed by atoms with E-state index >= 15 is 0 Å². The summed E-state index contributed by atoms with van der Waals surface area (Å²) in [6.07, 6.45) is 3.96. The largest absolute Gasteiger partial charge is 0.307 e. The third kappa shape index (κ3) is 2.09. The number of nitrogens with one attached hydrogen (secondary N) is 1. The van der Waals surface area contributed by atoms with Crippen molar-refractivity contribution in [3.8, 4) is 0 Å². The quantitative estimate of drug-likeness (QED) is 0.831. The third-order valence-corrected chi connectivity index (χ3v) is 3.34.